The Morgan fingerprint density at radius 3 is 2.55 bits per heavy atom. The standard InChI is InChI=1S/C22H25N3O3S/c26-22(23-18-10-9-15-5-4-6-16(15)11-18)25-14-17-12-19(25)13-21(17)24-29(27,28)20-7-2-1-3-8-20/h1-3,7-11,17,19,21,24H,4-6,12-14H2,(H,23,26). The molecule has 2 aromatic carbocycles. The molecule has 152 valence electrons. The third-order valence-corrected chi connectivity index (χ3v) is 8.02. The molecule has 0 aromatic heterocycles. The Labute approximate surface area is 171 Å². The number of carbonyl (C=O) groups is 1. The summed E-state index contributed by atoms with van der Waals surface area (Å²) in [6, 6.07) is 14.5. The van der Waals surface area contributed by atoms with Crippen LogP contribution in [-0.2, 0) is 22.9 Å². The number of benzene rings is 2. The molecule has 1 saturated heterocycles. The smallest absolute Gasteiger partial charge is 0.321 e. The zero-order chi connectivity index (χ0) is 20.0. The average molecular weight is 412 g/mol. The molecule has 3 atom stereocenters. The minimum atomic E-state index is -3.53. The number of amides is 2. The normalized spacial score (nSPS) is 25.2. The van der Waals surface area contributed by atoms with Gasteiger partial charge in [0, 0.05) is 24.3 Å². The van der Waals surface area contributed by atoms with Crippen LogP contribution in [0.4, 0.5) is 10.5 Å². The van der Waals surface area contributed by atoms with Crippen LogP contribution in [0, 0.1) is 5.92 Å². The van der Waals surface area contributed by atoms with Crippen molar-refractivity contribution >= 4 is 21.7 Å². The maximum Gasteiger partial charge on any atom is 0.322 e. The second kappa shape index (κ2) is 7.15. The van der Waals surface area contributed by atoms with Crippen molar-refractivity contribution in [3.63, 3.8) is 0 Å². The van der Waals surface area contributed by atoms with Gasteiger partial charge in [-0.1, -0.05) is 24.3 Å². The van der Waals surface area contributed by atoms with Crippen molar-refractivity contribution in [3.8, 4) is 0 Å². The van der Waals surface area contributed by atoms with Crippen LogP contribution in [0.15, 0.2) is 53.4 Å². The highest BCUT2D eigenvalue weighted by atomic mass is 32.2. The Kier molecular flexibility index (Phi) is 4.59. The van der Waals surface area contributed by atoms with Gasteiger partial charge in [-0.3, -0.25) is 0 Å². The molecule has 5 rings (SSSR count). The van der Waals surface area contributed by atoms with Crippen LogP contribution in [0.25, 0.3) is 0 Å². The lowest BCUT2D eigenvalue weighted by Crippen LogP contribution is -2.48. The predicted molar refractivity (Wildman–Crippen MR) is 111 cm³/mol. The molecule has 0 spiro atoms. The zero-order valence-corrected chi connectivity index (χ0v) is 17.0. The van der Waals surface area contributed by atoms with Crippen LogP contribution in [0.2, 0.25) is 0 Å². The Balaban J connectivity index is 1.22. The first-order chi connectivity index (χ1) is 14.0. The van der Waals surface area contributed by atoms with Crippen molar-refractivity contribution in [1.82, 2.24) is 9.62 Å². The van der Waals surface area contributed by atoms with E-state index in [4.69, 9.17) is 0 Å². The molecule has 3 aliphatic rings. The first-order valence-electron chi connectivity index (χ1n) is 10.3. The largest absolute Gasteiger partial charge is 0.322 e. The van der Waals surface area contributed by atoms with E-state index in [2.05, 4.69) is 22.2 Å². The van der Waals surface area contributed by atoms with Crippen molar-refractivity contribution in [3.05, 3.63) is 59.7 Å². The van der Waals surface area contributed by atoms with Gasteiger partial charge in [0.05, 0.1) is 4.90 Å². The number of hydrogen-bond donors (Lipinski definition) is 2. The summed E-state index contributed by atoms with van der Waals surface area (Å²) in [5.74, 6) is 0.157. The fourth-order valence-electron chi connectivity index (χ4n) is 5.06. The third kappa shape index (κ3) is 3.53. The second-order valence-corrected chi connectivity index (χ2v) is 10.1. The summed E-state index contributed by atoms with van der Waals surface area (Å²) < 4.78 is 28.1. The average Bonchev–Trinajstić information content (AvgIpc) is 3.43. The first-order valence-corrected chi connectivity index (χ1v) is 11.7. The van der Waals surface area contributed by atoms with Crippen LogP contribution >= 0.6 is 0 Å². The predicted octanol–water partition coefficient (Wildman–Crippen LogP) is 3.15. The number of anilines is 1. The third-order valence-electron chi connectivity index (χ3n) is 6.51. The van der Waals surface area contributed by atoms with Crippen molar-refractivity contribution in [2.45, 2.75) is 49.1 Å². The maximum absolute atomic E-state index is 12.8. The summed E-state index contributed by atoms with van der Waals surface area (Å²) in [5, 5.41) is 3.04. The second-order valence-electron chi connectivity index (χ2n) is 8.35. The highest BCUT2D eigenvalue weighted by Gasteiger charge is 2.47. The van der Waals surface area contributed by atoms with Crippen LogP contribution in [0.3, 0.4) is 0 Å². The molecule has 3 unspecified atom stereocenters. The summed E-state index contributed by atoms with van der Waals surface area (Å²) in [6.45, 7) is 0.587. The van der Waals surface area contributed by atoms with Gasteiger partial charge in [-0.25, -0.2) is 17.9 Å². The number of nitrogens with zero attached hydrogens (tertiary/aromatic N) is 1. The van der Waals surface area contributed by atoms with Gasteiger partial charge in [-0.05, 0) is 73.4 Å². The van der Waals surface area contributed by atoms with Gasteiger partial charge in [-0.15, -0.1) is 0 Å². The molecule has 0 radical (unpaired) electrons. The fourth-order valence-corrected chi connectivity index (χ4v) is 6.40. The number of rotatable bonds is 4. The molecule has 2 aromatic rings. The highest BCUT2D eigenvalue weighted by Crippen LogP contribution is 2.39. The summed E-state index contributed by atoms with van der Waals surface area (Å²) in [6.07, 6.45) is 4.90. The molecule has 7 heteroatoms. The summed E-state index contributed by atoms with van der Waals surface area (Å²) >= 11 is 0. The lowest BCUT2D eigenvalue weighted by molar-refractivity contribution is 0.188. The molecule has 1 heterocycles. The van der Waals surface area contributed by atoms with Crippen LogP contribution in [0.1, 0.15) is 30.4 Å². The van der Waals surface area contributed by atoms with E-state index in [1.807, 2.05) is 11.0 Å². The van der Waals surface area contributed by atoms with Crippen molar-refractivity contribution in [2.75, 3.05) is 11.9 Å². The first kappa shape index (κ1) is 18.6. The molecule has 29 heavy (non-hydrogen) atoms. The number of nitrogens with one attached hydrogen (secondary N) is 2. The molecule has 6 nitrogen and oxygen atoms in total. The highest BCUT2D eigenvalue weighted by molar-refractivity contribution is 7.89. The van der Waals surface area contributed by atoms with Gasteiger partial charge in [0.25, 0.3) is 0 Å². The van der Waals surface area contributed by atoms with E-state index < -0.39 is 10.0 Å². The van der Waals surface area contributed by atoms with Gasteiger partial charge < -0.3 is 10.2 Å². The summed E-state index contributed by atoms with van der Waals surface area (Å²) in [4.78, 5) is 14.9. The van der Waals surface area contributed by atoms with Gasteiger partial charge in [0.1, 0.15) is 0 Å². The molecule has 2 bridgehead atoms. The lowest BCUT2D eigenvalue weighted by atomic mass is 10.0. The number of hydrogen-bond acceptors (Lipinski definition) is 3. The Morgan fingerprint density at radius 2 is 1.79 bits per heavy atom. The van der Waals surface area contributed by atoms with Crippen molar-refractivity contribution < 1.29 is 13.2 Å². The number of fused-ring (bicyclic) bond motifs is 3. The van der Waals surface area contributed by atoms with Crippen LogP contribution in [-0.4, -0.2) is 38.0 Å². The Hall–Kier alpha value is -2.38. The molecular weight excluding hydrogens is 386 g/mol. The molecule has 2 fully saturated rings. The van der Waals surface area contributed by atoms with E-state index in [0.717, 1.165) is 24.9 Å². The van der Waals surface area contributed by atoms with Crippen molar-refractivity contribution in [2.24, 2.45) is 5.92 Å². The number of aryl methyl sites for hydroxylation is 2. The minimum Gasteiger partial charge on any atom is -0.321 e. The van der Waals surface area contributed by atoms with Crippen LogP contribution in [0.5, 0.6) is 0 Å². The Bertz CT molecular complexity index is 1040. The van der Waals surface area contributed by atoms with Gasteiger partial charge in [0.15, 0.2) is 0 Å². The molecular formula is C22H25N3O3S. The van der Waals surface area contributed by atoms with Crippen LogP contribution < -0.4 is 10.0 Å². The van der Waals surface area contributed by atoms with Crippen molar-refractivity contribution in [1.29, 1.82) is 0 Å². The van der Waals surface area contributed by atoms with E-state index in [-0.39, 0.29) is 28.9 Å². The molecule has 2 amide bonds. The maximum atomic E-state index is 12.8. The topological polar surface area (TPSA) is 78.5 Å². The molecule has 1 aliphatic heterocycles. The molecule has 2 N–H and O–H groups in total. The molecule has 2 aliphatic carbocycles. The number of piperidine rings is 1. The number of urea groups is 1. The minimum absolute atomic E-state index is 0.0814. The van der Waals surface area contributed by atoms with E-state index in [1.54, 1.807) is 30.3 Å². The Morgan fingerprint density at radius 1 is 1.00 bits per heavy atom. The summed E-state index contributed by atoms with van der Waals surface area (Å²) in [5.41, 5.74) is 3.57. The number of carbonyl (C=O) groups excluding carboxylic acids is 1. The monoisotopic (exact) mass is 411 g/mol. The lowest BCUT2D eigenvalue weighted by Gasteiger charge is -2.32. The van der Waals surface area contributed by atoms with Gasteiger partial charge in [0.2, 0.25) is 10.0 Å². The van der Waals surface area contributed by atoms with E-state index in [1.165, 1.54) is 17.5 Å². The quantitative estimate of drug-likeness (QED) is 0.811. The number of likely N-dealkylation sites (tertiary alicyclic amines) is 1. The summed E-state index contributed by atoms with van der Waals surface area (Å²) in [7, 11) is -3.53. The molecule has 1 saturated carbocycles. The fraction of sp³-hybridized carbons (Fsp3) is 0.409. The van der Waals surface area contributed by atoms with Gasteiger partial charge >= 0.3 is 6.03 Å². The van der Waals surface area contributed by atoms with E-state index in [9.17, 15) is 13.2 Å². The van der Waals surface area contributed by atoms with E-state index >= 15 is 0 Å². The zero-order valence-electron chi connectivity index (χ0n) is 16.2. The number of sulfonamides is 1. The SMILES string of the molecule is O=C(Nc1ccc2c(c1)CCC2)N1CC2CC1CC2NS(=O)(=O)c1ccccc1. The van der Waals surface area contributed by atoms with E-state index in [0.29, 0.717) is 13.0 Å². The van der Waals surface area contributed by atoms with Gasteiger partial charge in [-0.2, -0.15) is 0 Å².